The molecule has 1 unspecified atom stereocenters. The van der Waals surface area contributed by atoms with Crippen molar-refractivity contribution in [2.24, 2.45) is 0 Å². The summed E-state index contributed by atoms with van der Waals surface area (Å²) in [6, 6.07) is 15.2. The van der Waals surface area contributed by atoms with Crippen LogP contribution in [0, 0.1) is 17.1 Å². The average molecular weight is 296 g/mol. The summed E-state index contributed by atoms with van der Waals surface area (Å²) in [6.07, 6.45) is 0.929. The molecule has 0 aliphatic carbocycles. The second-order valence-electron chi connectivity index (χ2n) is 5.15. The minimum Gasteiger partial charge on any atom is -0.350 e. The molecule has 0 bridgehead atoms. The maximum absolute atomic E-state index is 12.8. The highest BCUT2D eigenvalue weighted by atomic mass is 19.1. The van der Waals surface area contributed by atoms with Gasteiger partial charge in [-0.15, -0.1) is 0 Å². The largest absolute Gasteiger partial charge is 0.350 e. The Morgan fingerprint density at radius 3 is 2.41 bits per heavy atom. The highest BCUT2D eigenvalue weighted by Gasteiger charge is 2.09. The van der Waals surface area contributed by atoms with Crippen LogP contribution in [0.1, 0.15) is 36.1 Å². The molecule has 0 heterocycles. The van der Waals surface area contributed by atoms with E-state index < -0.39 is 0 Å². The summed E-state index contributed by atoms with van der Waals surface area (Å²) in [4.78, 5) is 12.0. The lowest BCUT2D eigenvalue weighted by molar-refractivity contribution is -0.121. The molecule has 1 atom stereocenters. The van der Waals surface area contributed by atoms with Crippen LogP contribution in [0.4, 0.5) is 4.39 Å². The molecule has 1 amide bonds. The number of benzene rings is 2. The van der Waals surface area contributed by atoms with Crippen LogP contribution in [-0.4, -0.2) is 5.91 Å². The van der Waals surface area contributed by atoms with Crippen LogP contribution in [0.25, 0.3) is 0 Å². The van der Waals surface area contributed by atoms with Gasteiger partial charge in [-0.1, -0.05) is 24.3 Å². The number of aryl methyl sites for hydroxylation is 1. The molecule has 3 nitrogen and oxygen atoms in total. The number of nitrogens with zero attached hydrogens (tertiary/aromatic N) is 1. The van der Waals surface area contributed by atoms with Crippen molar-refractivity contribution in [2.45, 2.75) is 25.8 Å². The Morgan fingerprint density at radius 2 is 1.82 bits per heavy atom. The highest BCUT2D eigenvalue weighted by Crippen LogP contribution is 2.13. The number of carbonyl (C=O) groups is 1. The molecule has 0 saturated heterocycles. The standard InChI is InChI=1S/C18H17FN2O/c1-13(16-7-2-15(12-20)3-8-16)21-18(22)11-6-14-4-9-17(19)10-5-14/h2-5,7-10,13H,6,11H2,1H3,(H,21,22). The van der Waals surface area contributed by atoms with Gasteiger partial charge in [0.25, 0.3) is 0 Å². The third-order valence-corrected chi connectivity index (χ3v) is 3.47. The van der Waals surface area contributed by atoms with E-state index in [4.69, 9.17) is 5.26 Å². The molecular weight excluding hydrogens is 279 g/mol. The lowest BCUT2D eigenvalue weighted by atomic mass is 10.1. The van der Waals surface area contributed by atoms with Gasteiger partial charge in [0, 0.05) is 6.42 Å². The number of amides is 1. The van der Waals surface area contributed by atoms with E-state index in [9.17, 15) is 9.18 Å². The first-order chi connectivity index (χ1) is 10.6. The van der Waals surface area contributed by atoms with E-state index in [0.717, 1.165) is 11.1 Å². The molecule has 0 aliphatic rings. The van der Waals surface area contributed by atoms with Crippen molar-refractivity contribution in [1.82, 2.24) is 5.32 Å². The van der Waals surface area contributed by atoms with Crippen molar-refractivity contribution in [1.29, 1.82) is 5.26 Å². The highest BCUT2D eigenvalue weighted by molar-refractivity contribution is 5.76. The van der Waals surface area contributed by atoms with Crippen LogP contribution in [-0.2, 0) is 11.2 Å². The molecule has 22 heavy (non-hydrogen) atoms. The van der Waals surface area contributed by atoms with E-state index >= 15 is 0 Å². The predicted molar refractivity (Wildman–Crippen MR) is 82.4 cm³/mol. The fourth-order valence-corrected chi connectivity index (χ4v) is 2.15. The zero-order valence-electron chi connectivity index (χ0n) is 12.3. The zero-order chi connectivity index (χ0) is 15.9. The molecule has 112 valence electrons. The van der Waals surface area contributed by atoms with E-state index in [2.05, 4.69) is 11.4 Å². The second-order valence-corrected chi connectivity index (χ2v) is 5.15. The van der Waals surface area contributed by atoms with Crippen LogP contribution in [0.15, 0.2) is 48.5 Å². The van der Waals surface area contributed by atoms with E-state index in [1.165, 1.54) is 12.1 Å². The topological polar surface area (TPSA) is 52.9 Å². The average Bonchev–Trinajstić information content (AvgIpc) is 2.54. The Labute approximate surface area is 129 Å². The van der Waals surface area contributed by atoms with Crippen LogP contribution in [0.3, 0.4) is 0 Å². The molecule has 2 rings (SSSR count). The number of carbonyl (C=O) groups excluding carboxylic acids is 1. The Balaban J connectivity index is 1.85. The molecule has 0 fully saturated rings. The van der Waals surface area contributed by atoms with Gasteiger partial charge in [0.05, 0.1) is 17.7 Å². The van der Waals surface area contributed by atoms with Crippen LogP contribution in [0.5, 0.6) is 0 Å². The van der Waals surface area contributed by atoms with E-state index in [1.807, 2.05) is 19.1 Å². The van der Waals surface area contributed by atoms with E-state index in [1.54, 1.807) is 24.3 Å². The first kappa shape index (κ1) is 15.7. The van der Waals surface area contributed by atoms with Crippen molar-refractivity contribution >= 4 is 5.91 Å². The molecule has 2 aromatic carbocycles. The SMILES string of the molecule is CC(NC(=O)CCc1ccc(F)cc1)c1ccc(C#N)cc1. The summed E-state index contributed by atoms with van der Waals surface area (Å²) in [5.74, 6) is -0.330. The van der Waals surface area contributed by atoms with Gasteiger partial charge in [0.2, 0.25) is 5.91 Å². The molecular formula is C18H17FN2O. The fraction of sp³-hybridized carbons (Fsp3) is 0.222. The van der Waals surface area contributed by atoms with Gasteiger partial charge in [-0.2, -0.15) is 5.26 Å². The van der Waals surface area contributed by atoms with E-state index in [0.29, 0.717) is 18.4 Å². The Hall–Kier alpha value is -2.67. The smallest absolute Gasteiger partial charge is 0.220 e. The van der Waals surface area contributed by atoms with Gasteiger partial charge < -0.3 is 5.32 Å². The minimum absolute atomic E-state index is 0.0545. The number of hydrogen-bond donors (Lipinski definition) is 1. The summed E-state index contributed by atoms with van der Waals surface area (Å²) in [5.41, 5.74) is 2.48. The quantitative estimate of drug-likeness (QED) is 0.918. The summed E-state index contributed by atoms with van der Waals surface area (Å²) in [6.45, 7) is 1.90. The Kier molecular flexibility index (Phi) is 5.26. The zero-order valence-corrected chi connectivity index (χ0v) is 12.3. The van der Waals surface area contributed by atoms with Crippen molar-refractivity contribution in [2.75, 3.05) is 0 Å². The second kappa shape index (κ2) is 7.37. The Morgan fingerprint density at radius 1 is 1.18 bits per heavy atom. The fourth-order valence-electron chi connectivity index (χ4n) is 2.15. The molecule has 2 aromatic rings. The van der Waals surface area contributed by atoms with Gasteiger partial charge in [0.1, 0.15) is 5.82 Å². The maximum Gasteiger partial charge on any atom is 0.220 e. The number of nitriles is 1. The molecule has 0 aromatic heterocycles. The first-order valence-corrected chi connectivity index (χ1v) is 7.12. The van der Waals surface area contributed by atoms with Crippen molar-refractivity contribution in [3.05, 3.63) is 71.0 Å². The third kappa shape index (κ3) is 4.42. The van der Waals surface area contributed by atoms with Crippen LogP contribution in [0.2, 0.25) is 0 Å². The third-order valence-electron chi connectivity index (χ3n) is 3.47. The first-order valence-electron chi connectivity index (χ1n) is 7.12. The van der Waals surface area contributed by atoms with Crippen molar-refractivity contribution in [3.8, 4) is 6.07 Å². The maximum atomic E-state index is 12.8. The number of halogens is 1. The predicted octanol–water partition coefficient (Wildman–Crippen LogP) is 3.51. The number of hydrogen-bond acceptors (Lipinski definition) is 2. The van der Waals surface area contributed by atoms with Gasteiger partial charge in [-0.05, 0) is 48.7 Å². The van der Waals surface area contributed by atoms with Gasteiger partial charge in [-0.25, -0.2) is 4.39 Å². The normalized spacial score (nSPS) is 11.5. The van der Waals surface area contributed by atoms with Gasteiger partial charge in [0.15, 0.2) is 0 Å². The summed E-state index contributed by atoms with van der Waals surface area (Å²) in [7, 11) is 0. The lowest BCUT2D eigenvalue weighted by Crippen LogP contribution is -2.26. The molecule has 0 spiro atoms. The summed E-state index contributed by atoms with van der Waals surface area (Å²) in [5, 5.41) is 11.7. The van der Waals surface area contributed by atoms with Crippen LogP contribution >= 0.6 is 0 Å². The monoisotopic (exact) mass is 296 g/mol. The summed E-state index contributed by atoms with van der Waals surface area (Å²) >= 11 is 0. The molecule has 0 radical (unpaired) electrons. The van der Waals surface area contributed by atoms with Crippen molar-refractivity contribution in [3.63, 3.8) is 0 Å². The molecule has 0 aliphatic heterocycles. The van der Waals surface area contributed by atoms with Gasteiger partial charge >= 0.3 is 0 Å². The van der Waals surface area contributed by atoms with E-state index in [-0.39, 0.29) is 17.8 Å². The molecule has 1 N–H and O–H groups in total. The molecule has 0 saturated carbocycles. The van der Waals surface area contributed by atoms with Gasteiger partial charge in [-0.3, -0.25) is 4.79 Å². The Bertz CT molecular complexity index is 672. The molecule has 4 heteroatoms. The number of nitrogens with one attached hydrogen (secondary N) is 1. The lowest BCUT2D eigenvalue weighted by Gasteiger charge is -2.14. The summed E-state index contributed by atoms with van der Waals surface area (Å²) < 4.78 is 12.8. The number of rotatable bonds is 5. The van der Waals surface area contributed by atoms with Crippen molar-refractivity contribution < 1.29 is 9.18 Å². The van der Waals surface area contributed by atoms with Crippen LogP contribution < -0.4 is 5.32 Å². The minimum atomic E-state index is -0.275.